The smallest absolute Gasteiger partial charge is 0.318 e. The molecule has 1 atom stereocenters. The Kier molecular flexibility index (Phi) is 6.47. The Hall–Kier alpha value is -2.82. The number of benzene rings is 2. The van der Waals surface area contributed by atoms with Crippen molar-refractivity contribution in [1.82, 2.24) is 10.2 Å². The van der Waals surface area contributed by atoms with Gasteiger partial charge in [0.15, 0.2) is 0 Å². The van der Waals surface area contributed by atoms with Crippen LogP contribution in [0.5, 0.6) is 0 Å². The molecule has 0 saturated carbocycles. The summed E-state index contributed by atoms with van der Waals surface area (Å²) >= 11 is 0. The van der Waals surface area contributed by atoms with Gasteiger partial charge in [0.1, 0.15) is 0 Å². The first kappa shape index (κ1) is 19.0. The Morgan fingerprint density at radius 2 is 1.67 bits per heavy atom. The number of nitrogens with zero attached hydrogens (tertiary/aromatic N) is 1. The molecule has 27 heavy (non-hydrogen) atoms. The van der Waals surface area contributed by atoms with E-state index in [4.69, 9.17) is 4.74 Å². The van der Waals surface area contributed by atoms with Gasteiger partial charge in [-0.3, -0.25) is 4.79 Å². The van der Waals surface area contributed by atoms with E-state index in [0.29, 0.717) is 19.7 Å². The van der Waals surface area contributed by atoms with Gasteiger partial charge >= 0.3 is 12.0 Å². The molecule has 1 N–H and O–H groups in total. The fourth-order valence-electron chi connectivity index (χ4n) is 3.48. The van der Waals surface area contributed by atoms with Gasteiger partial charge in [0.2, 0.25) is 0 Å². The number of esters is 1. The molecule has 1 heterocycles. The molecule has 3 rings (SSSR count). The number of likely N-dealkylation sites (tertiary alicyclic amines) is 1. The summed E-state index contributed by atoms with van der Waals surface area (Å²) in [4.78, 5) is 26.7. The van der Waals surface area contributed by atoms with E-state index in [1.807, 2.05) is 60.7 Å². The third-order valence-corrected chi connectivity index (χ3v) is 4.86. The van der Waals surface area contributed by atoms with Crippen molar-refractivity contribution in [3.05, 3.63) is 71.8 Å². The van der Waals surface area contributed by atoms with Crippen LogP contribution in [0, 0.1) is 5.92 Å². The number of hydrogen-bond donors (Lipinski definition) is 1. The quantitative estimate of drug-likeness (QED) is 0.820. The lowest BCUT2D eigenvalue weighted by Gasteiger charge is -2.33. The molecule has 0 spiro atoms. The molecule has 142 valence electrons. The third-order valence-electron chi connectivity index (χ3n) is 4.86. The van der Waals surface area contributed by atoms with Gasteiger partial charge in [-0.15, -0.1) is 0 Å². The Bertz CT molecular complexity index is 709. The first-order valence-corrected chi connectivity index (χ1v) is 9.51. The van der Waals surface area contributed by atoms with E-state index in [9.17, 15) is 9.59 Å². The van der Waals surface area contributed by atoms with Gasteiger partial charge in [-0.25, -0.2) is 4.79 Å². The average molecular weight is 366 g/mol. The largest absolute Gasteiger partial charge is 0.466 e. The van der Waals surface area contributed by atoms with Gasteiger partial charge in [0, 0.05) is 13.1 Å². The molecule has 2 aromatic rings. The topological polar surface area (TPSA) is 58.6 Å². The molecule has 0 bridgehead atoms. The molecule has 1 aliphatic rings. The highest BCUT2D eigenvalue weighted by molar-refractivity contribution is 5.78. The lowest BCUT2D eigenvalue weighted by molar-refractivity contribution is -0.149. The lowest BCUT2D eigenvalue weighted by Crippen LogP contribution is -2.48. The standard InChI is InChI=1S/C22H26N2O3/c1-2-27-21(25)19-14-9-15-24(16-19)22(26)23-20(17-10-5-3-6-11-17)18-12-7-4-8-13-18/h3-8,10-13,19-20H,2,9,14-16H2,1H3,(H,23,26). The number of urea groups is 1. The number of carbonyl (C=O) groups is 2. The van der Waals surface area contributed by atoms with Crippen LogP contribution in [-0.4, -0.2) is 36.6 Å². The van der Waals surface area contributed by atoms with E-state index in [1.165, 1.54) is 0 Å². The van der Waals surface area contributed by atoms with Crippen LogP contribution in [-0.2, 0) is 9.53 Å². The molecule has 1 fully saturated rings. The van der Waals surface area contributed by atoms with E-state index in [1.54, 1.807) is 11.8 Å². The fourth-order valence-corrected chi connectivity index (χ4v) is 3.48. The van der Waals surface area contributed by atoms with Gasteiger partial charge < -0.3 is 15.0 Å². The molecule has 1 aliphatic heterocycles. The number of rotatable bonds is 5. The third kappa shape index (κ3) is 4.88. The van der Waals surface area contributed by atoms with E-state index < -0.39 is 0 Å². The monoisotopic (exact) mass is 366 g/mol. The van der Waals surface area contributed by atoms with Crippen molar-refractivity contribution in [3.8, 4) is 0 Å². The zero-order valence-corrected chi connectivity index (χ0v) is 15.6. The summed E-state index contributed by atoms with van der Waals surface area (Å²) in [6.07, 6.45) is 1.57. The first-order chi connectivity index (χ1) is 13.2. The number of amides is 2. The van der Waals surface area contributed by atoms with Gasteiger partial charge in [0.05, 0.1) is 18.6 Å². The molecule has 1 saturated heterocycles. The summed E-state index contributed by atoms with van der Waals surface area (Å²) in [6.45, 7) is 3.22. The maximum atomic E-state index is 12.9. The molecule has 5 nitrogen and oxygen atoms in total. The summed E-state index contributed by atoms with van der Waals surface area (Å²) in [7, 11) is 0. The van der Waals surface area contributed by atoms with E-state index in [0.717, 1.165) is 24.0 Å². The second-order valence-corrected chi connectivity index (χ2v) is 6.74. The van der Waals surface area contributed by atoms with E-state index in [2.05, 4.69) is 5.32 Å². The number of carbonyl (C=O) groups excluding carboxylic acids is 2. The first-order valence-electron chi connectivity index (χ1n) is 9.51. The van der Waals surface area contributed by atoms with Crippen LogP contribution in [0.25, 0.3) is 0 Å². The summed E-state index contributed by atoms with van der Waals surface area (Å²) < 4.78 is 5.13. The van der Waals surface area contributed by atoms with Gasteiger partial charge in [0.25, 0.3) is 0 Å². The zero-order valence-electron chi connectivity index (χ0n) is 15.6. The van der Waals surface area contributed by atoms with Crippen molar-refractivity contribution in [3.63, 3.8) is 0 Å². The second kappa shape index (κ2) is 9.21. The highest BCUT2D eigenvalue weighted by Crippen LogP contribution is 2.23. The van der Waals surface area contributed by atoms with Crippen molar-refractivity contribution in [2.75, 3.05) is 19.7 Å². The molecule has 0 aliphatic carbocycles. The maximum absolute atomic E-state index is 12.9. The maximum Gasteiger partial charge on any atom is 0.318 e. The summed E-state index contributed by atoms with van der Waals surface area (Å²) in [5, 5.41) is 3.15. The molecule has 2 aromatic carbocycles. The average Bonchev–Trinajstić information content (AvgIpc) is 2.73. The predicted octanol–water partition coefficient (Wildman–Crippen LogP) is 3.76. The minimum absolute atomic E-state index is 0.151. The normalized spacial score (nSPS) is 16.8. The SMILES string of the molecule is CCOC(=O)C1CCCN(C(=O)NC(c2ccccc2)c2ccccc2)C1. The molecule has 2 amide bonds. The van der Waals surface area contributed by atoms with Gasteiger partial charge in [-0.2, -0.15) is 0 Å². The summed E-state index contributed by atoms with van der Waals surface area (Å²) in [5.74, 6) is -0.450. The molecule has 5 heteroatoms. The molecule has 1 unspecified atom stereocenters. The van der Waals surface area contributed by atoms with E-state index in [-0.39, 0.29) is 24.0 Å². The number of hydrogen-bond acceptors (Lipinski definition) is 3. The summed E-state index contributed by atoms with van der Waals surface area (Å²) in [5.41, 5.74) is 2.05. The Morgan fingerprint density at radius 1 is 1.07 bits per heavy atom. The fraction of sp³-hybridized carbons (Fsp3) is 0.364. The zero-order chi connectivity index (χ0) is 19.1. The number of nitrogens with one attached hydrogen (secondary N) is 1. The van der Waals surface area contributed by atoms with Crippen molar-refractivity contribution >= 4 is 12.0 Å². The molecular formula is C22H26N2O3. The van der Waals surface area contributed by atoms with Crippen molar-refractivity contribution < 1.29 is 14.3 Å². The predicted molar refractivity (Wildman–Crippen MR) is 104 cm³/mol. The van der Waals surface area contributed by atoms with Crippen molar-refractivity contribution in [1.29, 1.82) is 0 Å². The van der Waals surface area contributed by atoms with Crippen LogP contribution < -0.4 is 5.32 Å². The second-order valence-electron chi connectivity index (χ2n) is 6.74. The Balaban J connectivity index is 1.74. The minimum Gasteiger partial charge on any atom is -0.466 e. The Morgan fingerprint density at radius 3 is 2.22 bits per heavy atom. The van der Waals surface area contributed by atoms with Crippen LogP contribution in [0.4, 0.5) is 4.79 Å². The van der Waals surface area contributed by atoms with Gasteiger partial charge in [-0.05, 0) is 30.9 Å². The van der Waals surface area contributed by atoms with Crippen LogP contribution in [0.1, 0.15) is 36.9 Å². The number of piperidine rings is 1. The highest BCUT2D eigenvalue weighted by Gasteiger charge is 2.30. The van der Waals surface area contributed by atoms with E-state index >= 15 is 0 Å². The van der Waals surface area contributed by atoms with Crippen LogP contribution in [0.15, 0.2) is 60.7 Å². The van der Waals surface area contributed by atoms with Crippen LogP contribution >= 0.6 is 0 Å². The molecule has 0 radical (unpaired) electrons. The number of ether oxygens (including phenoxy) is 1. The minimum atomic E-state index is -0.239. The van der Waals surface area contributed by atoms with Crippen molar-refractivity contribution in [2.45, 2.75) is 25.8 Å². The van der Waals surface area contributed by atoms with Crippen LogP contribution in [0.3, 0.4) is 0 Å². The molecular weight excluding hydrogens is 340 g/mol. The Labute approximate surface area is 160 Å². The molecule has 0 aromatic heterocycles. The lowest BCUT2D eigenvalue weighted by atomic mass is 9.97. The van der Waals surface area contributed by atoms with Crippen molar-refractivity contribution in [2.24, 2.45) is 5.92 Å². The van der Waals surface area contributed by atoms with Crippen LogP contribution in [0.2, 0.25) is 0 Å². The highest BCUT2D eigenvalue weighted by atomic mass is 16.5. The summed E-state index contributed by atoms with van der Waals surface area (Å²) in [6, 6.07) is 19.4. The van der Waals surface area contributed by atoms with Gasteiger partial charge in [-0.1, -0.05) is 60.7 Å².